The van der Waals surface area contributed by atoms with Gasteiger partial charge in [0.1, 0.15) is 17.9 Å². The number of carbonyl (C=O) groups is 1. The molecule has 1 N–H and O–H groups in total. The minimum Gasteiger partial charge on any atom is -0.487 e. The molecule has 0 aliphatic carbocycles. The SMILES string of the molecule is Cc1ccc(C(=O)O)c(OCc2cc(Br)cs2)c1. The quantitative estimate of drug-likeness (QED) is 0.920. The van der Waals surface area contributed by atoms with Crippen LogP contribution in [0.25, 0.3) is 0 Å². The molecular formula is C13H11BrO3S. The maximum Gasteiger partial charge on any atom is 0.339 e. The summed E-state index contributed by atoms with van der Waals surface area (Å²) in [7, 11) is 0. The van der Waals surface area contributed by atoms with Crippen LogP contribution in [-0.4, -0.2) is 11.1 Å². The summed E-state index contributed by atoms with van der Waals surface area (Å²) in [6, 6.07) is 7.03. The normalized spacial score (nSPS) is 10.3. The molecule has 0 spiro atoms. The fourth-order valence-electron chi connectivity index (χ4n) is 1.50. The van der Waals surface area contributed by atoms with E-state index in [0.29, 0.717) is 12.4 Å². The fourth-order valence-corrected chi connectivity index (χ4v) is 2.87. The highest BCUT2D eigenvalue weighted by atomic mass is 79.9. The lowest BCUT2D eigenvalue weighted by molar-refractivity contribution is 0.0692. The molecule has 1 heterocycles. The molecule has 0 bridgehead atoms. The number of hydrogen-bond donors (Lipinski definition) is 1. The number of carboxylic acids is 1. The van der Waals surface area contributed by atoms with E-state index in [2.05, 4.69) is 15.9 Å². The van der Waals surface area contributed by atoms with Crippen molar-refractivity contribution in [3.05, 3.63) is 50.1 Å². The summed E-state index contributed by atoms with van der Waals surface area (Å²) in [6.07, 6.45) is 0. The fraction of sp³-hybridized carbons (Fsp3) is 0.154. The maximum atomic E-state index is 11.1. The maximum absolute atomic E-state index is 11.1. The van der Waals surface area contributed by atoms with Crippen LogP contribution in [-0.2, 0) is 6.61 Å². The summed E-state index contributed by atoms with van der Waals surface area (Å²) in [5, 5.41) is 11.0. The molecule has 1 aromatic heterocycles. The minimum absolute atomic E-state index is 0.191. The van der Waals surface area contributed by atoms with Crippen molar-refractivity contribution in [1.82, 2.24) is 0 Å². The number of halogens is 1. The monoisotopic (exact) mass is 326 g/mol. The lowest BCUT2D eigenvalue weighted by Gasteiger charge is -2.08. The Bertz CT molecular complexity index is 577. The van der Waals surface area contributed by atoms with Gasteiger partial charge in [-0.2, -0.15) is 0 Å². The van der Waals surface area contributed by atoms with Gasteiger partial charge in [-0.1, -0.05) is 6.07 Å². The highest BCUT2D eigenvalue weighted by Gasteiger charge is 2.11. The van der Waals surface area contributed by atoms with Crippen LogP contribution in [0, 0.1) is 6.92 Å². The van der Waals surface area contributed by atoms with Gasteiger partial charge >= 0.3 is 5.97 Å². The number of aryl methyl sites for hydroxylation is 1. The predicted molar refractivity (Wildman–Crippen MR) is 74.5 cm³/mol. The van der Waals surface area contributed by atoms with Crippen LogP contribution < -0.4 is 4.74 Å². The minimum atomic E-state index is -0.975. The zero-order valence-electron chi connectivity index (χ0n) is 9.64. The molecule has 3 nitrogen and oxygen atoms in total. The van der Waals surface area contributed by atoms with Gasteiger partial charge in [-0.25, -0.2) is 4.79 Å². The topological polar surface area (TPSA) is 46.5 Å². The lowest BCUT2D eigenvalue weighted by Crippen LogP contribution is -2.03. The molecule has 5 heteroatoms. The van der Waals surface area contributed by atoms with Crippen LogP contribution in [0.5, 0.6) is 5.75 Å². The first-order valence-corrected chi connectivity index (χ1v) is 6.93. The van der Waals surface area contributed by atoms with Crippen LogP contribution in [0.1, 0.15) is 20.8 Å². The molecule has 0 saturated heterocycles. The average Bonchev–Trinajstić information content (AvgIpc) is 2.72. The summed E-state index contributed by atoms with van der Waals surface area (Å²) >= 11 is 4.94. The Morgan fingerprint density at radius 1 is 1.44 bits per heavy atom. The summed E-state index contributed by atoms with van der Waals surface area (Å²) in [5.74, 6) is -0.565. The molecule has 0 amide bonds. The van der Waals surface area contributed by atoms with E-state index in [-0.39, 0.29) is 5.56 Å². The number of hydrogen-bond acceptors (Lipinski definition) is 3. The van der Waals surface area contributed by atoms with Gasteiger partial charge in [-0.15, -0.1) is 11.3 Å². The average molecular weight is 327 g/mol. The Hall–Kier alpha value is -1.33. The van der Waals surface area contributed by atoms with Crippen molar-refractivity contribution < 1.29 is 14.6 Å². The Kier molecular flexibility index (Phi) is 4.04. The summed E-state index contributed by atoms with van der Waals surface area (Å²) < 4.78 is 6.60. The Balaban J connectivity index is 2.17. The molecule has 0 fully saturated rings. The van der Waals surface area contributed by atoms with Gasteiger partial charge in [0.25, 0.3) is 0 Å². The van der Waals surface area contributed by atoms with Gasteiger partial charge in [-0.05, 0) is 46.6 Å². The third-order valence-electron chi connectivity index (χ3n) is 2.36. The summed E-state index contributed by atoms with van der Waals surface area (Å²) in [5.41, 5.74) is 1.17. The van der Waals surface area contributed by atoms with Gasteiger partial charge in [-0.3, -0.25) is 0 Å². The number of carboxylic acid groups (broad SMARTS) is 1. The van der Waals surface area contributed by atoms with Crippen molar-refractivity contribution in [2.75, 3.05) is 0 Å². The Labute approximate surface area is 117 Å². The summed E-state index contributed by atoms with van der Waals surface area (Å²) in [6.45, 7) is 2.28. The third-order valence-corrected chi connectivity index (χ3v) is 4.03. The first-order valence-electron chi connectivity index (χ1n) is 5.26. The molecule has 0 aliphatic heterocycles. The largest absolute Gasteiger partial charge is 0.487 e. The molecule has 0 aliphatic rings. The second-order valence-electron chi connectivity index (χ2n) is 3.82. The second-order valence-corrected chi connectivity index (χ2v) is 5.74. The Morgan fingerprint density at radius 2 is 2.22 bits per heavy atom. The Morgan fingerprint density at radius 3 is 2.83 bits per heavy atom. The van der Waals surface area contributed by atoms with Gasteiger partial charge in [0, 0.05) is 14.7 Å². The number of aromatic carboxylic acids is 1. The molecule has 2 rings (SSSR count). The number of benzene rings is 1. The summed E-state index contributed by atoms with van der Waals surface area (Å²) in [4.78, 5) is 12.1. The van der Waals surface area contributed by atoms with Crippen molar-refractivity contribution in [1.29, 1.82) is 0 Å². The van der Waals surface area contributed by atoms with Crippen molar-refractivity contribution >= 4 is 33.2 Å². The van der Waals surface area contributed by atoms with Gasteiger partial charge in [0.05, 0.1) is 0 Å². The molecule has 0 unspecified atom stereocenters. The second kappa shape index (κ2) is 5.54. The van der Waals surface area contributed by atoms with Crippen LogP contribution in [0.4, 0.5) is 0 Å². The van der Waals surface area contributed by atoms with Gasteiger partial charge in [0.15, 0.2) is 0 Å². The van der Waals surface area contributed by atoms with E-state index in [4.69, 9.17) is 9.84 Å². The molecule has 18 heavy (non-hydrogen) atoms. The van der Waals surface area contributed by atoms with E-state index in [9.17, 15) is 4.79 Å². The van der Waals surface area contributed by atoms with Gasteiger partial charge < -0.3 is 9.84 Å². The standard InChI is InChI=1S/C13H11BrO3S/c1-8-2-3-11(13(15)16)12(4-8)17-6-10-5-9(14)7-18-10/h2-5,7H,6H2,1H3,(H,15,16). The van der Waals surface area contributed by atoms with E-state index in [1.165, 1.54) is 0 Å². The zero-order valence-corrected chi connectivity index (χ0v) is 12.0. The molecule has 2 aromatic rings. The van der Waals surface area contributed by atoms with E-state index >= 15 is 0 Å². The number of thiophene rings is 1. The molecule has 1 aromatic carbocycles. The van der Waals surface area contributed by atoms with Crippen molar-refractivity contribution in [3.8, 4) is 5.75 Å². The molecular weight excluding hydrogens is 316 g/mol. The van der Waals surface area contributed by atoms with E-state index in [1.807, 2.05) is 18.4 Å². The van der Waals surface area contributed by atoms with E-state index in [0.717, 1.165) is 14.9 Å². The lowest BCUT2D eigenvalue weighted by atomic mass is 10.1. The zero-order chi connectivity index (χ0) is 13.1. The van der Waals surface area contributed by atoms with Gasteiger partial charge in [0.2, 0.25) is 0 Å². The first kappa shape index (κ1) is 13.1. The van der Waals surface area contributed by atoms with Crippen LogP contribution >= 0.6 is 27.3 Å². The molecule has 0 atom stereocenters. The van der Waals surface area contributed by atoms with E-state index in [1.54, 1.807) is 29.5 Å². The third kappa shape index (κ3) is 3.11. The van der Waals surface area contributed by atoms with Crippen molar-refractivity contribution in [3.63, 3.8) is 0 Å². The van der Waals surface area contributed by atoms with Crippen LogP contribution in [0.15, 0.2) is 34.1 Å². The number of rotatable bonds is 4. The van der Waals surface area contributed by atoms with Crippen LogP contribution in [0.2, 0.25) is 0 Å². The predicted octanol–water partition coefficient (Wildman–Crippen LogP) is 4.10. The molecule has 94 valence electrons. The smallest absolute Gasteiger partial charge is 0.339 e. The molecule has 0 saturated carbocycles. The van der Waals surface area contributed by atoms with Crippen LogP contribution in [0.3, 0.4) is 0 Å². The number of ether oxygens (including phenoxy) is 1. The highest BCUT2D eigenvalue weighted by Crippen LogP contribution is 2.24. The van der Waals surface area contributed by atoms with E-state index < -0.39 is 5.97 Å². The molecule has 0 radical (unpaired) electrons. The first-order chi connectivity index (χ1) is 8.56. The van der Waals surface area contributed by atoms with Crippen molar-refractivity contribution in [2.45, 2.75) is 13.5 Å². The highest BCUT2D eigenvalue weighted by molar-refractivity contribution is 9.10. The van der Waals surface area contributed by atoms with Crippen molar-refractivity contribution in [2.24, 2.45) is 0 Å².